The molecule has 2 nitrogen and oxygen atoms in total. The molecule has 1 fully saturated rings. The lowest BCUT2D eigenvalue weighted by Gasteiger charge is -2.43. The van der Waals surface area contributed by atoms with E-state index in [-0.39, 0.29) is 12.8 Å². The minimum absolute atomic E-state index is 0.165. The van der Waals surface area contributed by atoms with Crippen LogP contribution in [0.15, 0.2) is 0 Å². The van der Waals surface area contributed by atoms with Crippen molar-refractivity contribution in [3.8, 4) is 0 Å². The van der Waals surface area contributed by atoms with E-state index >= 15 is 0 Å². The van der Waals surface area contributed by atoms with Crippen LogP contribution in [0.5, 0.6) is 0 Å². The summed E-state index contributed by atoms with van der Waals surface area (Å²) in [5.74, 6) is 0. The second kappa shape index (κ2) is 4.70. The standard InChI is InChI=1S/C10H19F3N2/c1-3-14-9(10(11,12)13)5-7-15(4-2)8-6-9/h14H,3-8H2,1-2H3. The summed E-state index contributed by atoms with van der Waals surface area (Å²) in [5.41, 5.74) is -1.65. The fraction of sp³-hybridized carbons (Fsp3) is 1.00. The van der Waals surface area contributed by atoms with Gasteiger partial charge in [-0.3, -0.25) is 0 Å². The summed E-state index contributed by atoms with van der Waals surface area (Å²) in [4.78, 5) is 2.06. The third kappa shape index (κ3) is 2.64. The molecule has 0 aromatic rings. The van der Waals surface area contributed by atoms with Crippen molar-refractivity contribution in [2.45, 2.75) is 38.4 Å². The summed E-state index contributed by atoms with van der Waals surface area (Å²) in [6, 6.07) is 0. The van der Waals surface area contributed by atoms with E-state index in [0.29, 0.717) is 19.6 Å². The van der Waals surface area contributed by atoms with E-state index < -0.39 is 11.7 Å². The van der Waals surface area contributed by atoms with Crippen LogP contribution in [0.2, 0.25) is 0 Å². The molecule has 1 heterocycles. The molecule has 1 saturated heterocycles. The molecule has 0 saturated carbocycles. The molecule has 0 aromatic carbocycles. The highest BCUT2D eigenvalue weighted by Gasteiger charge is 2.54. The first-order valence-corrected chi connectivity index (χ1v) is 5.49. The second-order valence-electron chi connectivity index (χ2n) is 4.04. The van der Waals surface area contributed by atoms with Crippen LogP contribution >= 0.6 is 0 Å². The van der Waals surface area contributed by atoms with Gasteiger partial charge in [0.1, 0.15) is 5.54 Å². The first-order valence-electron chi connectivity index (χ1n) is 5.49. The van der Waals surface area contributed by atoms with E-state index in [2.05, 4.69) is 10.2 Å². The van der Waals surface area contributed by atoms with E-state index in [4.69, 9.17) is 0 Å². The molecule has 0 spiro atoms. The van der Waals surface area contributed by atoms with Crippen LogP contribution in [0.4, 0.5) is 13.2 Å². The van der Waals surface area contributed by atoms with Crippen molar-refractivity contribution in [2.24, 2.45) is 0 Å². The van der Waals surface area contributed by atoms with Crippen molar-refractivity contribution in [1.82, 2.24) is 10.2 Å². The molecule has 0 aromatic heterocycles. The highest BCUT2D eigenvalue weighted by molar-refractivity contribution is 4.98. The number of alkyl halides is 3. The second-order valence-corrected chi connectivity index (χ2v) is 4.04. The average molecular weight is 224 g/mol. The SMILES string of the molecule is CCNC1(C(F)(F)F)CCN(CC)CC1. The van der Waals surface area contributed by atoms with Crippen LogP contribution in [0, 0.1) is 0 Å². The van der Waals surface area contributed by atoms with Gasteiger partial charge in [0.15, 0.2) is 0 Å². The zero-order valence-electron chi connectivity index (χ0n) is 9.32. The molecule has 0 unspecified atom stereocenters. The Balaban J connectivity index is 2.69. The van der Waals surface area contributed by atoms with Gasteiger partial charge in [0.05, 0.1) is 0 Å². The fourth-order valence-electron chi connectivity index (χ4n) is 2.15. The molecule has 1 aliphatic heterocycles. The quantitative estimate of drug-likeness (QED) is 0.789. The van der Waals surface area contributed by atoms with E-state index in [9.17, 15) is 13.2 Å². The molecule has 0 amide bonds. The average Bonchev–Trinajstić information content (AvgIpc) is 2.18. The predicted octanol–water partition coefficient (Wildman–Crippen LogP) is 2.01. The molecule has 0 atom stereocenters. The van der Waals surface area contributed by atoms with Gasteiger partial charge in [-0.15, -0.1) is 0 Å². The van der Waals surface area contributed by atoms with Gasteiger partial charge in [-0.05, 0) is 25.9 Å². The monoisotopic (exact) mass is 224 g/mol. The number of hydrogen-bond donors (Lipinski definition) is 1. The Labute approximate surface area is 88.8 Å². The normalized spacial score (nSPS) is 23.0. The highest BCUT2D eigenvalue weighted by Crippen LogP contribution is 2.38. The van der Waals surface area contributed by atoms with Crippen molar-refractivity contribution in [3.05, 3.63) is 0 Å². The summed E-state index contributed by atoms with van der Waals surface area (Å²) in [6.07, 6.45) is -3.81. The van der Waals surface area contributed by atoms with Crippen LogP contribution in [-0.4, -0.2) is 42.8 Å². The Morgan fingerprint density at radius 1 is 1.20 bits per heavy atom. The molecule has 0 radical (unpaired) electrons. The van der Waals surface area contributed by atoms with E-state index in [1.807, 2.05) is 6.92 Å². The van der Waals surface area contributed by atoms with Crippen LogP contribution in [-0.2, 0) is 0 Å². The topological polar surface area (TPSA) is 15.3 Å². The Morgan fingerprint density at radius 3 is 2.07 bits per heavy atom. The number of halogens is 3. The molecule has 5 heteroatoms. The van der Waals surface area contributed by atoms with Crippen LogP contribution < -0.4 is 5.32 Å². The number of rotatable bonds is 3. The lowest BCUT2D eigenvalue weighted by molar-refractivity contribution is -0.208. The minimum atomic E-state index is -4.14. The van der Waals surface area contributed by atoms with Gasteiger partial charge in [-0.2, -0.15) is 13.2 Å². The summed E-state index contributed by atoms with van der Waals surface area (Å²) in [7, 11) is 0. The van der Waals surface area contributed by atoms with E-state index in [0.717, 1.165) is 6.54 Å². The number of likely N-dealkylation sites (tertiary alicyclic amines) is 1. The highest BCUT2D eigenvalue weighted by atomic mass is 19.4. The number of hydrogen-bond acceptors (Lipinski definition) is 2. The molecular weight excluding hydrogens is 205 g/mol. The van der Waals surface area contributed by atoms with E-state index in [1.54, 1.807) is 6.92 Å². The third-order valence-corrected chi connectivity index (χ3v) is 3.21. The molecule has 0 aliphatic carbocycles. The van der Waals surface area contributed by atoms with Crippen molar-refractivity contribution >= 4 is 0 Å². The number of nitrogens with zero attached hydrogens (tertiary/aromatic N) is 1. The van der Waals surface area contributed by atoms with Gasteiger partial charge in [-0.25, -0.2) is 0 Å². The van der Waals surface area contributed by atoms with Crippen LogP contribution in [0.25, 0.3) is 0 Å². The van der Waals surface area contributed by atoms with Gasteiger partial charge in [0, 0.05) is 13.1 Å². The Morgan fingerprint density at radius 2 is 1.73 bits per heavy atom. The summed E-state index contributed by atoms with van der Waals surface area (Å²) in [6.45, 7) is 5.96. The molecule has 1 rings (SSSR count). The molecule has 1 aliphatic rings. The molecule has 1 N–H and O–H groups in total. The molecule has 15 heavy (non-hydrogen) atoms. The van der Waals surface area contributed by atoms with Gasteiger partial charge < -0.3 is 10.2 Å². The predicted molar refractivity (Wildman–Crippen MR) is 53.8 cm³/mol. The lowest BCUT2D eigenvalue weighted by atomic mass is 9.86. The smallest absolute Gasteiger partial charge is 0.304 e. The summed E-state index contributed by atoms with van der Waals surface area (Å²) >= 11 is 0. The number of nitrogens with one attached hydrogen (secondary N) is 1. The van der Waals surface area contributed by atoms with Gasteiger partial charge in [0.2, 0.25) is 0 Å². The first kappa shape index (κ1) is 12.8. The lowest BCUT2D eigenvalue weighted by Crippen LogP contribution is -2.61. The zero-order chi connectivity index (χ0) is 11.5. The molecule has 0 bridgehead atoms. The van der Waals surface area contributed by atoms with Crippen molar-refractivity contribution in [3.63, 3.8) is 0 Å². The van der Waals surface area contributed by atoms with Gasteiger partial charge in [0.25, 0.3) is 0 Å². The fourth-order valence-corrected chi connectivity index (χ4v) is 2.15. The van der Waals surface area contributed by atoms with Crippen LogP contribution in [0.1, 0.15) is 26.7 Å². The Bertz CT molecular complexity index is 195. The minimum Gasteiger partial charge on any atom is -0.304 e. The first-order chi connectivity index (χ1) is 6.95. The Hall–Kier alpha value is -0.290. The van der Waals surface area contributed by atoms with Crippen LogP contribution in [0.3, 0.4) is 0 Å². The van der Waals surface area contributed by atoms with Gasteiger partial charge >= 0.3 is 6.18 Å². The summed E-state index contributed by atoms with van der Waals surface area (Å²) < 4.78 is 38.8. The van der Waals surface area contributed by atoms with Crippen molar-refractivity contribution in [1.29, 1.82) is 0 Å². The maximum absolute atomic E-state index is 12.9. The third-order valence-electron chi connectivity index (χ3n) is 3.21. The Kier molecular flexibility index (Phi) is 4.00. The molecular formula is C10H19F3N2. The van der Waals surface area contributed by atoms with Gasteiger partial charge in [-0.1, -0.05) is 13.8 Å². The summed E-state index contributed by atoms with van der Waals surface area (Å²) in [5, 5.41) is 2.63. The zero-order valence-corrected chi connectivity index (χ0v) is 9.32. The largest absolute Gasteiger partial charge is 0.406 e. The van der Waals surface area contributed by atoms with Crippen molar-refractivity contribution in [2.75, 3.05) is 26.2 Å². The maximum atomic E-state index is 12.9. The van der Waals surface area contributed by atoms with E-state index in [1.165, 1.54) is 0 Å². The number of piperidine rings is 1. The van der Waals surface area contributed by atoms with Crippen molar-refractivity contribution < 1.29 is 13.2 Å². The molecule has 90 valence electrons. The maximum Gasteiger partial charge on any atom is 0.406 e.